The van der Waals surface area contributed by atoms with Crippen molar-refractivity contribution in [3.63, 3.8) is 0 Å². The molecular weight excluding hydrogens is 471 g/mol. The molecule has 0 aliphatic heterocycles. The first kappa shape index (κ1) is 25.3. The first-order chi connectivity index (χ1) is 17.2. The molecule has 1 aliphatic carbocycles. The maximum atomic E-state index is 12.5. The molecule has 2 N–H and O–H groups in total. The van der Waals surface area contributed by atoms with Crippen molar-refractivity contribution in [2.24, 2.45) is 0 Å². The molecule has 8 heteroatoms. The molecular formula is C28H26F3NO4. The highest BCUT2D eigenvalue weighted by atomic mass is 19.4. The van der Waals surface area contributed by atoms with E-state index in [9.17, 15) is 22.8 Å². The average Bonchev–Trinajstić information content (AvgIpc) is 2.84. The zero-order valence-electron chi connectivity index (χ0n) is 19.5. The second-order valence-corrected chi connectivity index (χ2v) is 8.88. The number of hydrogen-bond acceptors (Lipinski definition) is 3. The zero-order chi connectivity index (χ0) is 25.7. The summed E-state index contributed by atoms with van der Waals surface area (Å²) in [6.45, 7) is 0.0786. The number of alkyl halides is 3. The van der Waals surface area contributed by atoms with Crippen LogP contribution in [0.5, 0.6) is 5.75 Å². The van der Waals surface area contributed by atoms with Crippen molar-refractivity contribution in [2.75, 3.05) is 6.54 Å². The van der Waals surface area contributed by atoms with Gasteiger partial charge in [0, 0.05) is 12.1 Å². The van der Waals surface area contributed by atoms with Crippen molar-refractivity contribution in [1.29, 1.82) is 0 Å². The van der Waals surface area contributed by atoms with Crippen molar-refractivity contribution in [1.82, 2.24) is 5.32 Å². The number of fused-ring (bicyclic) bond motifs is 1. The molecule has 0 aromatic heterocycles. The minimum atomic E-state index is -4.72. The molecule has 0 spiro atoms. The van der Waals surface area contributed by atoms with Gasteiger partial charge in [-0.1, -0.05) is 42.5 Å². The Morgan fingerprint density at radius 1 is 0.972 bits per heavy atom. The fourth-order valence-electron chi connectivity index (χ4n) is 4.60. The van der Waals surface area contributed by atoms with Gasteiger partial charge in [-0.25, -0.2) is 0 Å². The summed E-state index contributed by atoms with van der Waals surface area (Å²) in [5.74, 6) is -1.23. The van der Waals surface area contributed by atoms with Crippen LogP contribution in [-0.4, -0.2) is 29.9 Å². The molecule has 0 radical (unpaired) electrons. The van der Waals surface area contributed by atoms with Gasteiger partial charge < -0.3 is 15.2 Å². The number of carboxylic acid groups (broad SMARTS) is 1. The Balaban J connectivity index is 1.46. The first-order valence-corrected chi connectivity index (χ1v) is 11.8. The minimum Gasteiger partial charge on any atom is -0.481 e. The third kappa shape index (κ3) is 6.65. The first-order valence-electron chi connectivity index (χ1n) is 11.8. The Kier molecular flexibility index (Phi) is 7.62. The van der Waals surface area contributed by atoms with Gasteiger partial charge in [0.15, 0.2) is 0 Å². The number of benzene rings is 3. The molecule has 1 unspecified atom stereocenters. The van der Waals surface area contributed by atoms with E-state index in [0.29, 0.717) is 5.56 Å². The fourth-order valence-corrected chi connectivity index (χ4v) is 4.60. The summed E-state index contributed by atoms with van der Waals surface area (Å²) < 4.78 is 41.3. The summed E-state index contributed by atoms with van der Waals surface area (Å²) in [4.78, 5) is 22.8. The van der Waals surface area contributed by atoms with Gasteiger partial charge in [-0.05, 0) is 83.7 Å². The standard InChI is InChI=1S/C28H26F3NO4/c29-28(30,31)36-24-12-10-19(11-13-24)22-9-8-20-2-1-3-23(25(20)17-22)16-18-4-6-21(7-5-18)27(35)32-15-14-26(33)34/h4-13,17,23H,1-3,14-16H2,(H,32,35)(H,33,34). The topological polar surface area (TPSA) is 75.6 Å². The van der Waals surface area contributed by atoms with Crippen molar-refractivity contribution in [2.45, 2.75) is 44.4 Å². The molecule has 1 atom stereocenters. The number of halogens is 3. The Labute approximate surface area is 206 Å². The monoisotopic (exact) mass is 497 g/mol. The lowest BCUT2D eigenvalue weighted by molar-refractivity contribution is -0.274. The average molecular weight is 498 g/mol. The van der Waals surface area contributed by atoms with Crippen molar-refractivity contribution >= 4 is 11.9 Å². The quantitative estimate of drug-likeness (QED) is 0.393. The molecule has 36 heavy (non-hydrogen) atoms. The van der Waals surface area contributed by atoms with Crippen LogP contribution in [0.4, 0.5) is 13.2 Å². The van der Waals surface area contributed by atoms with E-state index in [1.54, 1.807) is 24.3 Å². The van der Waals surface area contributed by atoms with Gasteiger partial charge in [-0.3, -0.25) is 9.59 Å². The van der Waals surface area contributed by atoms with Crippen molar-refractivity contribution in [3.05, 3.63) is 89.0 Å². The second kappa shape index (κ2) is 10.8. The number of aryl methyl sites for hydroxylation is 1. The maximum absolute atomic E-state index is 12.5. The van der Waals surface area contributed by atoms with E-state index in [1.165, 1.54) is 23.3 Å². The van der Waals surface area contributed by atoms with Crippen LogP contribution in [0.2, 0.25) is 0 Å². The van der Waals surface area contributed by atoms with Crippen LogP contribution in [0, 0.1) is 0 Å². The van der Waals surface area contributed by atoms with Gasteiger partial charge in [0.05, 0.1) is 6.42 Å². The van der Waals surface area contributed by atoms with Gasteiger partial charge in [-0.2, -0.15) is 0 Å². The Morgan fingerprint density at radius 2 is 1.67 bits per heavy atom. The molecule has 0 saturated carbocycles. The molecule has 0 bridgehead atoms. The molecule has 0 saturated heterocycles. The molecule has 3 aromatic carbocycles. The minimum absolute atomic E-state index is 0.0786. The number of carboxylic acids is 1. The summed E-state index contributed by atoms with van der Waals surface area (Å²) in [6.07, 6.45) is -0.965. The number of rotatable bonds is 8. The van der Waals surface area contributed by atoms with Crippen LogP contribution < -0.4 is 10.1 Å². The van der Waals surface area contributed by atoms with Gasteiger partial charge in [0.2, 0.25) is 0 Å². The van der Waals surface area contributed by atoms with Crippen LogP contribution in [0.15, 0.2) is 66.7 Å². The van der Waals surface area contributed by atoms with Gasteiger partial charge >= 0.3 is 12.3 Å². The Bertz CT molecular complexity index is 1220. The largest absolute Gasteiger partial charge is 0.573 e. The van der Waals surface area contributed by atoms with E-state index >= 15 is 0 Å². The third-order valence-electron chi connectivity index (χ3n) is 6.33. The molecule has 5 nitrogen and oxygen atoms in total. The van der Waals surface area contributed by atoms with Gasteiger partial charge in [-0.15, -0.1) is 13.2 Å². The summed E-state index contributed by atoms with van der Waals surface area (Å²) in [7, 11) is 0. The fraction of sp³-hybridized carbons (Fsp3) is 0.286. The molecule has 0 fully saturated rings. The molecule has 0 heterocycles. The molecule has 1 aliphatic rings. The Morgan fingerprint density at radius 3 is 2.33 bits per heavy atom. The van der Waals surface area contributed by atoms with E-state index in [1.807, 2.05) is 18.2 Å². The van der Waals surface area contributed by atoms with Gasteiger partial charge in [0.25, 0.3) is 5.91 Å². The number of hydrogen-bond donors (Lipinski definition) is 2. The lowest BCUT2D eigenvalue weighted by atomic mass is 9.78. The predicted molar refractivity (Wildman–Crippen MR) is 129 cm³/mol. The van der Waals surface area contributed by atoms with Gasteiger partial charge in [0.1, 0.15) is 5.75 Å². The van der Waals surface area contributed by atoms with Crippen LogP contribution in [0.3, 0.4) is 0 Å². The number of nitrogens with one attached hydrogen (secondary N) is 1. The lowest BCUT2D eigenvalue weighted by Gasteiger charge is -2.26. The van der Waals surface area contributed by atoms with E-state index in [4.69, 9.17) is 5.11 Å². The SMILES string of the molecule is O=C(O)CCNC(=O)c1ccc(CC2CCCc3ccc(-c4ccc(OC(F)(F)F)cc4)cc32)cc1. The number of aliphatic carboxylic acids is 1. The van der Waals surface area contributed by atoms with Crippen LogP contribution >= 0.6 is 0 Å². The summed E-state index contributed by atoms with van der Waals surface area (Å²) in [5, 5.41) is 11.3. The highest BCUT2D eigenvalue weighted by Crippen LogP contribution is 2.37. The van der Waals surface area contributed by atoms with Crippen LogP contribution in [-0.2, 0) is 17.6 Å². The Hall–Kier alpha value is -3.81. The summed E-state index contributed by atoms with van der Waals surface area (Å²) in [6, 6.07) is 19.4. The third-order valence-corrected chi connectivity index (χ3v) is 6.33. The smallest absolute Gasteiger partial charge is 0.481 e. The highest BCUT2D eigenvalue weighted by molar-refractivity contribution is 5.94. The summed E-state index contributed by atoms with van der Waals surface area (Å²) in [5.41, 5.74) is 5.84. The zero-order valence-corrected chi connectivity index (χ0v) is 19.5. The number of carbonyl (C=O) groups is 2. The molecule has 188 valence electrons. The maximum Gasteiger partial charge on any atom is 0.573 e. The second-order valence-electron chi connectivity index (χ2n) is 8.88. The number of amides is 1. The van der Waals surface area contributed by atoms with Crippen LogP contribution in [0.1, 0.15) is 52.2 Å². The number of ether oxygens (including phenoxy) is 1. The molecule has 1 amide bonds. The van der Waals surface area contributed by atoms with Crippen molar-refractivity contribution in [3.8, 4) is 16.9 Å². The van der Waals surface area contributed by atoms with E-state index in [2.05, 4.69) is 22.2 Å². The van der Waals surface area contributed by atoms with E-state index < -0.39 is 12.3 Å². The van der Waals surface area contributed by atoms with E-state index in [0.717, 1.165) is 42.4 Å². The molecule has 4 rings (SSSR count). The van der Waals surface area contributed by atoms with E-state index in [-0.39, 0.29) is 30.5 Å². The summed E-state index contributed by atoms with van der Waals surface area (Å²) >= 11 is 0. The van der Waals surface area contributed by atoms with Crippen molar-refractivity contribution < 1.29 is 32.6 Å². The molecule has 3 aromatic rings. The normalized spacial score (nSPS) is 15.1. The predicted octanol–water partition coefficient (Wildman–Crippen LogP) is 6.12. The highest BCUT2D eigenvalue weighted by Gasteiger charge is 2.31. The number of carbonyl (C=O) groups excluding carboxylic acids is 1. The van der Waals surface area contributed by atoms with Crippen LogP contribution in [0.25, 0.3) is 11.1 Å². The lowest BCUT2D eigenvalue weighted by Crippen LogP contribution is -2.25.